The number of hydrogen-bond acceptors (Lipinski definition) is 5. The van der Waals surface area contributed by atoms with E-state index >= 15 is 0 Å². The van der Waals surface area contributed by atoms with Crippen LogP contribution in [0.4, 0.5) is 0 Å². The molecule has 0 radical (unpaired) electrons. The second-order valence-electron chi connectivity index (χ2n) is 5.96. The van der Waals surface area contributed by atoms with Gasteiger partial charge in [0.15, 0.2) is 11.5 Å². The standard InChI is InChI=1S/C16H20Cl2N2O4/c17-11-6-10(14-15(13(11)18)24-5-1-4-23-14)16(22)20-7-9-2-3-19-8-12(9)21/h6,9,12,19,21H,1-5,7-8H2,(H,20,22)/t9-,12+/m0/s1. The number of halogens is 2. The fourth-order valence-electron chi connectivity index (χ4n) is 2.89. The number of β-amino-alcohol motifs (C(OH)–C–C–N with tert-alkyl or cyclic N) is 1. The molecule has 3 rings (SSSR count). The zero-order valence-corrected chi connectivity index (χ0v) is 14.6. The van der Waals surface area contributed by atoms with Gasteiger partial charge >= 0.3 is 0 Å². The number of hydrogen-bond donors (Lipinski definition) is 3. The van der Waals surface area contributed by atoms with E-state index in [1.54, 1.807) is 0 Å². The molecule has 2 aliphatic rings. The van der Waals surface area contributed by atoms with Gasteiger partial charge in [-0.15, -0.1) is 0 Å². The topological polar surface area (TPSA) is 79.8 Å². The lowest BCUT2D eigenvalue weighted by Gasteiger charge is -2.28. The summed E-state index contributed by atoms with van der Waals surface area (Å²) in [7, 11) is 0. The maximum atomic E-state index is 12.6. The molecular weight excluding hydrogens is 355 g/mol. The molecule has 132 valence electrons. The Bertz CT molecular complexity index is 627. The van der Waals surface area contributed by atoms with E-state index in [-0.39, 0.29) is 21.9 Å². The predicted molar refractivity (Wildman–Crippen MR) is 91.4 cm³/mol. The van der Waals surface area contributed by atoms with Crippen molar-refractivity contribution in [2.75, 3.05) is 32.8 Å². The number of fused-ring (bicyclic) bond motifs is 1. The molecule has 24 heavy (non-hydrogen) atoms. The van der Waals surface area contributed by atoms with Crippen LogP contribution in [-0.2, 0) is 0 Å². The monoisotopic (exact) mass is 374 g/mol. The Hall–Kier alpha value is -1.21. The van der Waals surface area contributed by atoms with Crippen LogP contribution < -0.4 is 20.1 Å². The molecule has 8 heteroatoms. The molecule has 2 atom stereocenters. The number of nitrogens with one attached hydrogen (secondary N) is 2. The Balaban J connectivity index is 1.78. The summed E-state index contributed by atoms with van der Waals surface area (Å²) in [6, 6.07) is 1.49. The van der Waals surface area contributed by atoms with Crippen LogP contribution in [0.1, 0.15) is 23.2 Å². The molecule has 1 fully saturated rings. The minimum absolute atomic E-state index is 0.0220. The summed E-state index contributed by atoms with van der Waals surface area (Å²) in [6.45, 7) is 2.65. The van der Waals surface area contributed by atoms with Gasteiger partial charge in [-0.3, -0.25) is 4.79 Å². The zero-order chi connectivity index (χ0) is 17.1. The first-order valence-electron chi connectivity index (χ1n) is 8.02. The van der Waals surface area contributed by atoms with Crippen LogP contribution in [0, 0.1) is 5.92 Å². The molecule has 0 saturated carbocycles. The molecule has 1 aromatic carbocycles. The molecule has 0 bridgehead atoms. The fraction of sp³-hybridized carbons (Fsp3) is 0.562. The maximum Gasteiger partial charge on any atom is 0.255 e. The lowest BCUT2D eigenvalue weighted by Crippen LogP contribution is -2.45. The average molecular weight is 375 g/mol. The molecule has 0 spiro atoms. The Morgan fingerprint density at radius 1 is 1.33 bits per heavy atom. The van der Waals surface area contributed by atoms with Gasteiger partial charge < -0.3 is 25.2 Å². The first-order valence-corrected chi connectivity index (χ1v) is 8.78. The van der Waals surface area contributed by atoms with Crippen molar-refractivity contribution >= 4 is 29.1 Å². The van der Waals surface area contributed by atoms with Crippen LogP contribution in [-0.4, -0.2) is 50.0 Å². The van der Waals surface area contributed by atoms with E-state index in [0.29, 0.717) is 49.8 Å². The summed E-state index contributed by atoms with van der Waals surface area (Å²) >= 11 is 12.3. The minimum Gasteiger partial charge on any atom is -0.489 e. The highest BCUT2D eigenvalue weighted by molar-refractivity contribution is 6.43. The number of aliphatic hydroxyl groups excluding tert-OH is 1. The molecule has 0 unspecified atom stereocenters. The quantitative estimate of drug-likeness (QED) is 0.752. The highest BCUT2D eigenvalue weighted by Crippen LogP contribution is 2.44. The van der Waals surface area contributed by atoms with Crippen molar-refractivity contribution < 1.29 is 19.4 Å². The molecular formula is C16H20Cl2N2O4. The van der Waals surface area contributed by atoms with Crippen LogP contribution in [0.3, 0.4) is 0 Å². The summed E-state index contributed by atoms with van der Waals surface area (Å²) in [5, 5.41) is 16.4. The SMILES string of the molecule is O=C(NC[C@@H]1CCNC[C@H]1O)c1cc(Cl)c(Cl)c2c1OCCCO2. The molecule has 2 heterocycles. The summed E-state index contributed by atoms with van der Waals surface area (Å²) in [5.74, 6) is 0.341. The van der Waals surface area contributed by atoms with Gasteiger partial charge in [-0.25, -0.2) is 0 Å². The molecule has 0 aromatic heterocycles. The van der Waals surface area contributed by atoms with E-state index in [1.807, 2.05) is 0 Å². The summed E-state index contributed by atoms with van der Waals surface area (Å²) in [6.07, 6.45) is 1.04. The molecule has 1 aromatic rings. The molecule has 3 N–H and O–H groups in total. The predicted octanol–water partition coefficient (Wildman–Crippen LogP) is 1.85. The molecule has 0 aliphatic carbocycles. The Labute approximate surface area is 150 Å². The van der Waals surface area contributed by atoms with Gasteiger partial charge in [-0.05, 0) is 19.0 Å². The Kier molecular flexibility index (Phi) is 5.71. The van der Waals surface area contributed by atoms with E-state index in [0.717, 1.165) is 13.0 Å². The van der Waals surface area contributed by atoms with Gasteiger partial charge in [-0.1, -0.05) is 23.2 Å². The molecule has 1 amide bonds. The molecule has 1 saturated heterocycles. The first-order chi connectivity index (χ1) is 11.6. The maximum absolute atomic E-state index is 12.6. The lowest BCUT2D eigenvalue weighted by molar-refractivity contribution is 0.0752. The highest BCUT2D eigenvalue weighted by atomic mass is 35.5. The summed E-state index contributed by atoms with van der Waals surface area (Å²) in [5.41, 5.74) is 0.296. The lowest BCUT2D eigenvalue weighted by atomic mass is 9.95. The summed E-state index contributed by atoms with van der Waals surface area (Å²) < 4.78 is 11.3. The van der Waals surface area contributed by atoms with Gasteiger partial charge in [0.2, 0.25) is 0 Å². The van der Waals surface area contributed by atoms with E-state index in [4.69, 9.17) is 32.7 Å². The second kappa shape index (κ2) is 7.78. The third-order valence-electron chi connectivity index (χ3n) is 4.27. The van der Waals surface area contributed by atoms with Crippen molar-refractivity contribution in [2.24, 2.45) is 5.92 Å². The zero-order valence-electron chi connectivity index (χ0n) is 13.1. The van der Waals surface area contributed by atoms with E-state index in [1.165, 1.54) is 6.07 Å². The number of rotatable bonds is 3. The smallest absolute Gasteiger partial charge is 0.255 e. The van der Waals surface area contributed by atoms with Gasteiger partial charge in [0, 0.05) is 25.4 Å². The number of amides is 1. The van der Waals surface area contributed by atoms with Gasteiger partial charge in [0.1, 0.15) is 5.02 Å². The van der Waals surface area contributed by atoms with Crippen molar-refractivity contribution in [3.63, 3.8) is 0 Å². The minimum atomic E-state index is -0.468. The van der Waals surface area contributed by atoms with Crippen LogP contribution in [0.15, 0.2) is 6.07 Å². The van der Waals surface area contributed by atoms with Crippen molar-refractivity contribution in [3.05, 3.63) is 21.7 Å². The normalized spacial score (nSPS) is 23.5. The average Bonchev–Trinajstić information content (AvgIpc) is 2.83. The summed E-state index contributed by atoms with van der Waals surface area (Å²) in [4.78, 5) is 12.6. The Morgan fingerprint density at radius 3 is 2.83 bits per heavy atom. The van der Waals surface area contributed by atoms with Gasteiger partial charge in [0.05, 0.1) is 29.9 Å². The van der Waals surface area contributed by atoms with Gasteiger partial charge in [-0.2, -0.15) is 0 Å². The number of carbonyl (C=O) groups excluding carboxylic acids is 1. The molecule has 6 nitrogen and oxygen atoms in total. The third-order valence-corrected chi connectivity index (χ3v) is 5.04. The number of aliphatic hydroxyl groups is 1. The van der Waals surface area contributed by atoms with E-state index < -0.39 is 6.10 Å². The largest absolute Gasteiger partial charge is 0.489 e. The highest BCUT2D eigenvalue weighted by Gasteiger charge is 2.27. The van der Waals surface area contributed by atoms with E-state index in [2.05, 4.69) is 10.6 Å². The van der Waals surface area contributed by atoms with Gasteiger partial charge in [0.25, 0.3) is 5.91 Å². The Morgan fingerprint density at radius 2 is 2.08 bits per heavy atom. The first kappa shape index (κ1) is 17.6. The van der Waals surface area contributed by atoms with Crippen molar-refractivity contribution in [1.82, 2.24) is 10.6 Å². The number of ether oxygens (including phenoxy) is 2. The van der Waals surface area contributed by atoms with Crippen LogP contribution in [0.5, 0.6) is 11.5 Å². The van der Waals surface area contributed by atoms with Crippen molar-refractivity contribution in [2.45, 2.75) is 18.9 Å². The fourth-order valence-corrected chi connectivity index (χ4v) is 3.28. The van der Waals surface area contributed by atoms with E-state index in [9.17, 15) is 9.90 Å². The number of carbonyl (C=O) groups is 1. The number of benzene rings is 1. The number of piperidine rings is 1. The van der Waals surface area contributed by atoms with Crippen LogP contribution in [0.25, 0.3) is 0 Å². The van der Waals surface area contributed by atoms with Crippen LogP contribution >= 0.6 is 23.2 Å². The molecule has 2 aliphatic heterocycles. The third kappa shape index (κ3) is 3.72. The second-order valence-corrected chi connectivity index (χ2v) is 6.74. The van der Waals surface area contributed by atoms with Crippen molar-refractivity contribution in [3.8, 4) is 11.5 Å². The van der Waals surface area contributed by atoms with Crippen LogP contribution in [0.2, 0.25) is 10.0 Å². The van der Waals surface area contributed by atoms with Crippen molar-refractivity contribution in [1.29, 1.82) is 0 Å².